The summed E-state index contributed by atoms with van der Waals surface area (Å²) in [6.45, 7) is 6.73. The Bertz CT molecular complexity index is 1090. The molecular formula is C21H21NO7. The molecule has 0 aliphatic heterocycles. The fourth-order valence-corrected chi connectivity index (χ4v) is 3.03. The minimum atomic E-state index is -0.802. The summed E-state index contributed by atoms with van der Waals surface area (Å²) in [6.07, 6.45) is 0. The van der Waals surface area contributed by atoms with Gasteiger partial charge in [-0.1, -0.05) is 18.2 Å². The lowest BCUT2D eigenvalue weighted by molar-refractivity contribution is 0.0480. The third-order valence-corrected chi connectivity index (χ3v) is 4.32. The molecule has 2 aromatic heterocycles. The van der Waals surface area contributed by atoms with Crippen molar-refractivity contribution in [2.75, 3.05) is 18.5 Å². The van der Waals surface area contributed by atoms with Crippen molar-refractivity contribution in [3.63, 3.8) is 0 Å². The molecule has 1 aromatic carbocycles. The Morgan fingerprint density at radius 3 is 2.17 bits per heavy atom. The van der Waals surface area contributed by atoms with Crippen LogP contribution in [0.3, 0.4) is 0 Å². The van der Waals surface area contributed by atoms with E-state index in [2.05, 4.69) is 5.32 Å². The van der Waals surface area contributed by atoms with Gasteiger partial charge in [-0.15, -0.1) is 0 Å². The van der Waals surface area contributed by atoms with Crippen LogP contribution in [0, 0.1) is 13.8 Å². The number of rotatable bonds is 6. The normalized spacial score (nSPS) is 10.8. The highest BCUT2D eigenvalue weighted by atomic mass is 16.5. The van der Waals surface area contributed by atoms with Gasteiger partial charge in [0.15, 0.2) is 5.76 Å². The molecule has 0 atom stereocenters. The van der Waals surface area contributed by atoms with E-state index >= 15 is 0 Å². The van der Waals surface area contributed by atoms with Crippen LogP contribution in [-0.2, 0) is 9.47 Å². The van der Waals surface area contributed by atoms with Gasteiger partial charge in [0.1, 0.15) is 22.5 Å². The minimum Gasteiger partial charge on any atom is -0.462 e. The van der Waals surface area contributed by atoms with Crippen LogP contribution in [0.4, 0.5) is 5.88 Å². The Morgan fingerprint density at radius 1 is 0.931 bits per heavy atom. The maximum Gasteiger partial charge on any atom is 0.344 e. The third-order valence-electron chi connectivity index (χ3n) is 4.32. The van der Waals surface area contributed by atoms with Crippen LogP contribution >= 0.6 is 0 Å². The summed E-state index contributed by atoms with van der Waals surface area (Å²) in [5, 5.41) is 3.32. The molecule has 0 spiro atoms. The summed E-state index contributed by atoms with van der Waals surface area (Å²) < 4.78 is 21.2. The summed E-state index contributed by atoms with van der Waals surface area (Å²) in [7, 11) is 0. The molecule has 29 heavy (non-hydrogen) atoms. The van der Waals surface area contributed by atoms with Crippen LogP contribution in [-0.4, -0.2) is 31.1 Å². The Balaban J connectivity index is 2.02. The summed E-state index contributed by atoms with van der Waals surface area (Å²) in [5.41, 5.74) is 0.931. The lowest BCUT2D eigenvalue weighted by atomic mass is 10.1. The number of hydrogen-bond donors (Lipinski definition) is 1. The van der Waals surface area contributed by atoms with Gasteiger partial charge in [0.25, 0.3) is 5.91 Å². The lowest BCUT2D eigenvalue weighted by Gasteiger charge is -2.06. The minimum absolute atomic E-state index is 0.0766. The van der Waals surface area contributed by atoms with Gasteiger partial charge in [0, 0.05) is 10.9 Å². The second-order valence-corrected chi connectivity index (χ2v) is 6.18. The van der Waals surface area contributed by atoms with Crippen molar-refractivity contribution in [2.45, 2.75) is 27.7 Å². The molecule has 1 N–H and O–H groups in total. The Morgan fingerprint density at radius 2 is 1.55 bits per heavy atom. The maximum absolute atomic E-state index is 12.8. The van der Waals surface area contributed by atoms with E-state index in [-0.39, 0.29) is 41.7 Å². The van der Waals surface area contributed by atoms with Crippen LogP contribution in [0.5, 0.6) is 0 Å². The first-order valence-corrected chi connectivity index (χ1v) is 9.16. The third kappa shape index (κ3) is 3.73. The SMILES string of the molecule is CCOC(=O)c1c(C)oc(NC(=O)c2oc3ccccc3c2C)c1C(=O)OCC. The zero-order valence-corrected chi connectivity index (χ0v) is 16.6. The fourth-order valence-electron chi connectivity index (χ4n) is 3.03. The van der Waals surface area contributed by atoms with Crippen molar-refractivity contribution < 1.29 is 32.7 Å². The van der Waals surface area contributed by atoms with Crippen molar-refractivity contribution >= 4 is 34.7 Å². The van der Waals surface area contributed by atoms with E-state index in [0.29, 0.717) is 11.1 Å². The monoisotopic (exact) mass is 399 g/mol. The number of ether oxygens (including phenoxy) is 2. The number of hydrogen-bond acceptors (Lipinski definition) is 7. The summed E-state index contributed by atoms with van der Waals surface area (Å²) in [6, 6.07) is 7.23. The van der Waals surface area contributed by atoms with E-state index in [1.54, 1.807) is 32.9 Å². The quantitative estimate of drug-likeness (QED) is 0.617. The highest BCUT2D eigenvalue weighted by Gasteiger charge is 2.32. The number of amides is 1. The Kier molecular flexibility index (Phi) is 5.72. The molecule has 0 saturated carbocycles. The number of carbonyl (C=O) groups is 3. The van der Waals surface area contributed by atoms with E-state index in [1.165, 1.54) is 6.92 Å². The average Bonchev–Trinajstić information content (AvgIpc) is 3.19. The van der Waals surface area contributed by atoms with Crippen LogP contribution in [0.1, 0.15) is 56.4 Å². The molecule has 0 aliphatic rings. The predicted molar refractivity (Wildman–Crippen MR) is 104 cm³/mol. The summed E-state index contributed by atoms with van der Waals surface area (Å²) in [4.78, 5) is 37.6. The number of furan rings is 2. The number of nitrogens with one attached hydrogen (secondary N) is 1. The molecule has 3 rings (SSSR count). The first-order chi connectivity index (χ1) is 13.9. The van der Waals surface area contributed by atoms with Gasteiger partial charge in [-0.2, -0.15) is 0 Å². The molecule has 3 aromatic rings. The van der Waals surface area contributed by atoms with Gasteiger partial charge in [-0.3, -0.25) is 10.1 Å². The maximum atomic E-state index is 12.8. The molecule has 8 heteroatoms. The molecule has 0 fully saturated rings. The van der Waals surface area contributed by atoms with Crippen molar-refractivity contribution in [3.8, 4) is 0 Å². The molecule has 1 amide bonds. The molecular weight excluding hydrogens is 378 g/mol. The van der Waals surface area contributed by atoms with Crippen LogP contribution < -0.4 is 5.32 Å². The van der Waals surface area contributed by atoms with Crippen molar-refractivity contribution in [1.82, 2.24) is 0 Å². The zero-order valence-electron chi connectivity index (χ0n) is 16.6. The van der Waals surface area contributed by atoms with E-state index in [9.17, 15) is 14.4 Å². The van der Waals surface area contributed by atoms with Crippen molar-refractivity contribution in [2.24, 2.45) is 0 Å². The lowest BCUT2D eigenvalue weighted by Crippen LogP contribution is -2.17. The van der Waals surface area contributed by atoms with Gasteiger partial charge >= 0.3 is 11.9 Å². The number of aryl methyl sites for hydroxylation is 2. The number of benzene rings is 1. The highest BCUT2D eigenvalue weighted by molar-refractivity contribution is 6.12. The number of fused-ring (bicyclic) bond motifs is 1. The van der Waals surface area contributed by atoms with Gasteiger partial charge < -0.3 is 18.3 Å². The molecule has 2 heterocycles. The van der Waals surface area contributed by atoms with E-state index in [1.807, 2.05) is 12.1 Å². The van der Waals surface area contributed by atoms with Gasteiger partial charge in [-0.05, 0) is 33.8 Å². The number of para-hydroxylation sites is 1. The van der Waals surface area contributed by atoms with Crippen LogP contribution in [0.15, 0.2) is 33.1 Å². The molecule has 0 radical (unpaired) electrons. The molecule has 152 valence electrons. The number of esters is 2. The molecule has 0 unspecified atom stereocenters. The fraction of sp³-hybridized carbons (Fsp3) is 0.286. The summed E-state index contributed by atoms with van der Waals surface area (Å²) >= 11 is 0. The first kappa shape index (κ1) is 20.2. The van der Waals surface area contributed by atoms with Gasteiger partial charge in [-0.25, -0.2) is 9.59 Å². The van der Waals surface area contributed by atoms with Gasteiger partial charge in [0.05, 0.1) is 13.2 Å². The smallest absolute Gasteiger partial charge is 0.344 e. The highest BCUT2D eigenvalue weighted by Crippen LogP contribution is 2.31. The zero-order chi connectivity index (χ0) is 21.1. The van der Waals surface area contributed by atoms with Crippen molar-refractivity contribution in [3.05, 3.63) is 52.5 Å². The van der Waals surface area contributed by atoms with E-state index in [4.69, 9.17) is 18.3 Å². The predicted octanol–water partition coefficient (Wildman–Crippen LogP) is 4.25. The summed E-state index contributed by atoms with van der Waals surface area (Å²) in [5.74, 6) is -2.15. The second-order valence-electron chi connectivity index (χ2n) is 6.18. The molecule has 0 bridgehead atoms. The Labute approximate surface area is 166 Å². The second kappa shape index (κ2) is 8.22. The van der Waals surface area contributed by atoms with Crippen molar-refractivity contribution in [1.29, 1.82) is 0 Å². The van der Waals surface area contributed by atoms with E-state index in [0.717, 1.165) is 5.39 Å². The van der Waals surface area contributed by atoms with Crippen LogP contribution in [0.2, 0.25) is 0 Å². The number of anilines is 1. The largest absolute Gasteiger partial charge is 0.462 e. The Hall–Kier alpha value is -3.55. The molecule has 0 aliphatic carbocycles. The first-order valence-electron chi connectivity index (χ1n) is 9.16. The average molecular weight is 399 g/mol. The topological polar surface area (TPSA) is 108 Å². The number of carbonyl (C=O) groups excluding carboxylic acids is 3. The molecule has 8 nitrogen and oxygen atoms in total. The molecule has 0 saturated heterocycles. The van der Waals surface area contributed by atoms with Gasteiger partial charge in [0.2, 0.25) is 5.88 Å². The van der Waals surface area contributed by atoms with E-state index < -0.39 is 17.8 Å². The van der Waals surface area contributed by atoms with Crippen LogP contribution in [0.25, 0.3) is 11.0 Å². The standard InChI is InChI=1S/C21H21NO7/c1-5-26-20(24)15-12(4)28-19(16(15)21(25)27-6-2)22-18(23)17-11(3)13-9-7-8-10-14(13)29-17/h7-10H,5-6H2,1-4H3,(H,22,23).